The molecule has 2 heteroatoms. The second-order valence-electron chi connectivity index (χ2n) is 0.378. The van der Waals surface area contributed by atoms with Crippen LogP contribution in [0.4, 0.5) is 0 Å². The van der Waals surface area contributed by atoms with Crippen LogP contribution in [0, 0.1) is 12.8 Å². The van der Waals surface area contributed by atoms with Gasteiger partial charge in [0.15, 0.2) is 0 Å². The highest BCUT2D eigenvalue weighted by molar-refractivity contribution is 6.25. The third-order valence-electron chi connectivity index (χ3n) is 0.0714. The molecule has 0 fully saturated rings. The number of alkyl halides is 2. The summed E-state index contributed by atoms with van der Waals surface area (Å²) in [4.78, 5) is 0. The lowest BCUT2D eigenvalue weighted by Crippen LogP contribution is -1.63. The maximum Gasteiger partial charge on any atom is 0.0359 e. The van der Waals surface area contributed by atoms with Crippen molar-refractivity contribution in [3.8, 4) is 12.8 Å². The van der Waals surface area contributed by atoms with Crippen molar-refractivity contribution in [2.45, 2.75) is 0 Å². The van der Waals surface area contributed by atoms with E-state index in [1.54, 1.807) is 0 Å². The molecule has 0 saturated carbocycles. The first-order valence-corrected chi connectivity index (χ1v) is 2.44. The zero-order valence-corrected chi connectivity index (χ0v) is 4.84. The summed E-state index contributed by atoms with van der Waals surface area (Å²) in [6.07, 6.45) is 8.00. The van der Waals surface area contributed by atoms with Crippen LogP contribution in [0.2, 0.25) is 0 Å². The number of hydrogen-bond donors (Lipinski definition) is 0. The molecule has 0 rings (SSSR count). The third kappa shape index (κ3) is 31.4. The molecule has 0 saturated heterocycles. The van der Waals surface area contributed by atoms with E-state index in [2.05, 4.69) is 12.8 Å². The highest BCUT2D eigenvalue weighted by Crippen LogP contribution is 1.75. The average molecular weight is 125 g/mol. The van der Waals surface area contributed by atoms with Gasteiger partial charge in [-0.2, -0.15) is 0 Å². The van der Waals surface area contributed by atoms with Crippen LogP contribution in [0.15, 0.2) is 0 Å². The van der Waals surface area contributed by atoms with E-state index < -0.39 is 0 Å². The number of rotatable bonds is 1. The number of hydrogen-bond acceptors (Lipinski definition) is 0. The molecule has 0 atom stereocenters. The maximum atomic E-state index is 5.05. The summed E-state index contributed by atoms with van der Waals surface area (Å²) in [5, 5.41) is 0. The predicted octanol–water partition coefficient (Wildman–Crippen LogP) is 1.71. The standard InChI is InChI=1S/C2H4Cl2.C2H2/c3-1-2-4;1-2/h1-2H2;1-2H. The topological polar surface area (TPSA) is 0 Å². The molecule has 0 aliphatic rings. The minimum absolute atomic E-state index is 0.557. The molecule has 0 aliphatic carbocycles. The van der Waals surface area contributed by atoms with Crippen LogP contribution >= 0.6 is 23.2 Å². The first-order valence-electron chi connectivity index (χ1n) is 1.37. The Morgan fingerprint density at radius 3 is 1.17 bits per heavy atom. The molecule has 0 N–H and O–H groups in total. The molecule has 6 heavy (non-hydrogen) atoms. The smallest absolute Gasteiger partial charge is 0.0359 e. The Morgan fingerprint density at radius 2 is 1.17 bits per heavy atom. The fourth-order valence-corrected chi connectivity index (χ4v) is 0. The zero-order valence-electron chi connectivity index (χ0n) is 3.32. The van der Waals surface area contributed by atoms with Crippen molar-refractivity contribution in [2.24, 2.45) is 0 Å². The van der Waals surface area contributed by atoms with Gasteiger partial charge in [-0.15, -0.1) is 36.0 Å². The molecule has 0 aromatic carbocycles. The lowest BCUT2D eigenvalue weighted by Gasteiger charge is -1.63. The van der Waals surface area contributed by atoms with E-state index in [0.717, 1.165) is 0 Å². The molecule has 0 aromatic rings. The highest BCUT2D eigenvalue weighted by atomic mass is 35.5. The van der Waals surface area contributed by atoms with Crippen LogP contribution in [0.3, 0.4) is 0 Å². The van der Waals surface area contributed by atoms with E-state index in [0.29, 0.717) is 11.8 Å². The molecular formula is C4H6Cl2. The molecule has 0 heterocycles. The largest absolute Gasteiger partial charge is 0.125 e. The van der Waals surface area contributed by atoms with Crippen molar-refractivity contribution in [1.82, 2.24) is 0 Å². The van der Waals surface area contributed by atoms with Gasteiger partial charge in [-0.05, 0) is 0 Å². The van der Waals surface area contributed by atoms with Crippen molar-refractivity contribution in [2.75, 3.05) is 11.8 Å². The van der Waals surface area contributed by atoms with Crippen molar-refractivity contribution >= 4 is 23.2 Å². The van der Waals surface area contributed by atoms with Gasteiger partial charge in [0.1, 0.15) is 0 Å². The van der Waals surface area contributed by atoms with E-state index >= 15 is 0 Å². The molecule has 36 valence electrons. The third-order valence-corrected chi connectivity index (χ3v) is 0.643. The van der Waals surface area contributed by atoms with Gasteiger partial charge in [-0.25, -0.2) is 0 Å². The van der Waals surface area contributed by atoms with E-state index in [-0.39, 0.29) is 0 Å². The molecule has 0 bridgehead atoms. The summed E-state index contributed by atoms with van der Waals surface area (Å²) in [5.41, 5.74) is 0. The van der Waals surface area contributed by atoms with Gasteiger partial charge in [0.25, 0.3) is 0 Å². The lowest BCUT2D eigenvalue weighted by molar-refractivity contribution is 1.52. The van der Waals surface area contributed by atoms with Gasteiger partial charge in [0, 0.05) is 11.8 Å². The van der Waals surface area contributed by atoms with Gasteiger partial charge in [0.05, 0.1) is 0 Å². The number of terminal acetylenes is 1. The predicted molar refractivity (Wildman–Crippen MR) is 31.3 cm³/mol. The Labute approximate surface area is 48.4 Å². The molecule has 0 amide bonds. The van der Waals surface area contributed by atoms with E-state index in [9.17, 15) is 0 Å². The van der Waals surface area contributed by atoms with Crippen LogP contribution in [-0.4, -0.2) is 11.8 Å². The molecule has 0 radical (unpaired) electrons. The molecule has 0 unspecified atom stereocenters. The zero-order chi connectivity index (χ0) is 5.41. The Kier molecular flexibility index (Phi) is 30.3. The normalized spacial score (nSPS) is 5.33. The first kappa shape index (κ1) is 9.46. The molecule has 0 aromatic heterocycles. The number of halogens is 2. The van der Waals surface area contributed by atoms with Gasteiger partial charge in [-0.3, -0.25) is 0 Å². The minimum atomic E-state index is 0.557. The van der Waals surface area contributed by atoms with Crippen LogP contribution in [0.25, 0.3) is 0 Å². The summed E-state index contributed by atoms with van der Waals surface area (Å²) in [7, 11) is 0. The van der Waals surface area contributed by atoms with E-state index in [4.69, 9.17) is 23.2 Å². The second kappa shape index (κ2) is 19.2. The quantitative estimate of drug-likeness (QED) is 0.369. The molecular weight excluding hydrogens is 119 g/mol. The van der Waals surface area contributed by atoms with E-state index in [1.165, 1.54) is 0 Å². The summed E-state index contributed by atoms with van der Waals surface area (Å²) < 4.78 is 0. The van der Waals surface area contributed by atoms with Gasteiger partial charge < -0.3 is 0 Å². The molecule has 0 aliphatic heterocycles. The average Bonchev–Trinajstić information content (AvgIpc) is 1.72. The molecule has 0 spiro atoms. The fraction of sp³-hybridized carbons (Fsp3) is 0.500. The summed E-state index contributed by atoms with van der Waals surface area (Å²) >= 11 is 10.1. The van der Waals surface area contributed by atoms with Crippen LogP contribution < -0.4 is 0 Å². The van der Waals surface area contributed by atoms with Crippen molar-refractivity contribution < 1.29 is 0 Å². The SMILES string of the molecule is C#C.ClCCCl. The lowest BCUT2D eigenvalue weighted by atomic mass is 11.0. The Hall–Kier alpha value is 0.140. The summed E-state index contributed by atoms with van der Waals surface area (Å²) in [6, 6.07) is 0. The van der Waals surface area contributed by atoms with Crippen LogP contribution in [0.5, 0.6) is 0 Å². The van der Waals surface area contributed by atoms with Crippen molar-refractivity contribution in [1.29, 1.82) is 0 Å². The second-order valence-corrected chi connectivity index (χ2v) is 1.13. The van der Waals surface area contributed by atoms with Crippen molar-refractivity contribution in [3.05, 3.63) is 0 Å². The van der Waals surface area contributed by atoms with Crippen LogP contribution in [0.1, 0.15) is 0 Å². The highest BCUT2D eigenvalue weighted by Gasteiger charge is 1.61. The Balaban J connectivity index is 0. The van der Waals surface area contributed by atoms with Gasteiger partial charge in [0.2, 0.25) is 0 Å². The maximum absolute atomic E-state index is 5.05. The van der Waals surface area contributed by atoms with Crippen LogP contribution in [-0.2, 0) is 0 Å². The van der Waals surface area contributed by atoms with Crippen molar-refractivity contribution in [3.63, 3.8) is 0 Å². The first-order chi connectivity index (χ1) is 2.91. The van der Waals surface area contributed by atoms with E-state index in [1.807, 2.05) is 0 Å². The Bertz CT molecular complexity index is 22.0. The van der Waals surface area contributed by atoms with Gasteiger partial charge in [-0.1, -0.05) is 0 Å². The fourth-order valence-electron chi connectivity index (χ4n) is 0. The molecule has 0 nitrogen and oxygen atoms in total. The van der Waals surface area contributed by atoms with Gasteiger partial charge >= 0.3 is 0 Å². The summed E-state index contributed by atoms with van der Waals surface area (Å²) in [6.45, 7) is 0. The monoisotopic (exact) mass is 124 g/mol. The Morgan fingerprint density at radius 1 is 1.00 bits per heavy atom. The minimum Gasteiger partial charge on any atom is -0.125 e. The summed E-state index contributed by atoms with van der Waals surface area (Å²) in [5.74, 6) is 1.11.